The lowest BCUT2D eigenvalue weighted by atomic mass is 10.5. The Balaban J connectivity index is 2.81. The predicted molar refractivity (Wildman–Crippen MR) is 56.4 cm³/mol. The number of hydrogen-bond donors (Lipinski definition) is 1. The average Bonchev–Trinajstić information content (AvgIpc) is 2.45. The third-order valence-corrected chi connectivity index (χ3v) is 2.74. The number of amides is 1. The minimum Gasteiger partial charge on any atom is -0.364 e. The van der Waals surface area contributed by atoms with Gasteiger partial charge in [0.05, 0.1) is 0 Å². The van der Waals surface area contributed by atoms with Gasteiger partial charge >= 0.3 is 0 Å². The molecule has 2 aromatic heterocycles. The Morgan fingerprint density at radius 3 is 2.92 bits per heavy atom. The summed E-state index contributed by atoms with van der Waals surface area (Å²) in [5, 5.41) is 0. The number of carbonyl (C=O) groups is 1. The van der Waals surface area contributed by atoms with E-state index >= 15 is 0 Å². The molecule has 0 atom stereocenters. The lowest BCUT2D eigenvalue weighted by Gasteiger charge is -1.91. The third-order valence-electron chi connectivity index (χ3n) is 1.71. The number of imidazole rings is 1. The summed E-state index contributed by atoms with van der Waals surface area (Å²) in [6.07, 6.45) is 1.84. The number of halogens is 1. The van der Waals surface area contributed by atoms with Gasteiger partial charge in [-0.1, -0.05) is 6.07 Å². The van der Waals surface area contributed by atoms with Crippen molar-refractivity contribution in [3.63, 3.8) is 0 Å². The van der Waals surface area contributed by atoms with E-state index in [1.54, 1.807) is 0 Å². The SMILES string of the molecule is NC(=O)c1nc2ccccn2c1I. The first-order chi connectivity index (χ1) is 6.20. The smallest absolute Gasteiger partial charge is 0.270 e. The number of hydrogen-bond acceptors (Lipinski definition) is 2. The number of pyridine rings is 1. The second-order valence-electron chi connectivity index (χ2n) is 2.54. The van der Waals surface area contributed by atoms with Gasteiger partial charge in [-0.2, -0.15) is 0 Å². The van der Waals surface area contributed by atoms with Gasteiger partial charge in [0.1, 0.15) is 9.35 Å². The van der Waals surface area contributed by atoms with Gasteiger partial charge < -0.3 is 5.73 Å². The molecule has 66 valence electrons. The van der Waals surface area contributed by atoms with Crippen LogP contribution in [-0.2, 0) is 0 Å². The summed E-state index contributed by atoms with van der Waals surface area (Å²) >= 11 is 2.05. The minimum absolute atomic E-state index is 0.326. The maximum Gasteiger partial charge on any atom is 0.270 e. The van der Waals surface area contributed by atoms with Gasteiger partial charge in [-0.3, -0.25) is 9.20 Å². The molecule has 0 aliphatic rings. The summed E-state index contributed by atoms with van der Waals surface area (Å²) in [5.41, 5.74) is 6.22. The van der Waals surface area contributed by atoms with Gasteiger partial charge in [-0.05, 0) is 34.7 Å². The fraction of sp³-hybridized carbons (Fsp3) is 0. The molecule has 5 heteroatoms. The Morgan fingerprint density at radius 2 is 2.31 bits per heavy atom. The molecule has 0 saturated carbocycles. The maximum atomic E-state index is 10.9. The third kappa shape index (κ3) is 1.28. The van der Waals surface area contributed by atoms with Crippen LogP contribution in [-0.4, -0.2) is 15.3 Å². The van der Waals surface area contributed by atoms with Crippen LogP contribution < -0.4 is 5.73 Å². The minimum atomic E-state index is -0.492. The Morgan fingerprint density at radius 1 is 1.54 bits per heavy atom. The largest absolute Gasteiger partial charge is 0.364 e. The molecule has 0 unspecified atom stereocenters. The lowest BCUT2D eigenvalue weighted by Crippen LogP contribution is -2.13. The first-order valence-electron chi connectivity index (χ1n) is 3.62. The summed E-state index contributed by atoms with van der Waals surface area (Å²) in [6, 6.07) is 5.57. The van der Waals surface area contributed by atoms with E-state index in [9.17, 15) is 4.79 Å². The van der Waals surface area contributed by atoms with Crippen molar-refractivity contribution in [3.8, 4) is 0 Å². The number of carbonyl (C=O) groups excluding carboxylic acids is 1. The highest BCUT2D eigenvalue weighted by atomic mass is 127. The quantitative estimate of drug-likeness (QED) is 0.797. The fourth-order valence-corrected chi connectivity index (χ4v) is 1.92. The molecule has 0 aliphatic heterocycles. The van der Waals surface area contributed by atoms with Crippen molar-refractivity contribution >= 4 is 34.1 Å². The van der Waals surface area contributed by atoms with E-state index in [-0.39, 0.29) is 0 Å². The number of fused-ring (bicyclic) bond motifs is 1. The highest BCUT2D eigenvalue weighted by molar-refractivity contribution is 14.1. The van der Waals surface area contributed by atoms with Crippen LogP contribution >= 0.6 is 22.6 Å². The number of rotatable bonds is 1. The average molecular weight is 287 g/mol. The van der Waals surface area contributed by atoms with Crippen molar-refractivity contribution < 1.29 is 4.79 Å². The zero-order valence-electron chi connectivity index (χ0n) is 6.57. The van der Waals surface area contributed by atoms with E-state index < -0.39 is 5.91 Å². The Kier molecular flexibility index (Phi) is 1.95. The zero-order valence-corrected chi connectivity index (χ0v) is 8.72. The lowest BCUT2D eigenvalue weighted by molar-refractivity contribution is 0.0995. The van der Waals surface area contributed by atoms with Crippen LogP contribution in [0.15, 0.2) is 24.4 Å². The van der Waals surface area contributed by atoms with Crippen LogP contribution in [0.1, 0.15) is 10.5 Å². The van der Waals surface area contributed by atoms with Gasteiger partial charge in [0.2, 0.25) is 0 Å². The van der Waals surface area contributed by atoms with Crippen LogP contribution in [0.5, 0.6) is 0 Å². The van der Waals surface area contributed by atoms with Gasteiger partial charge in [-0.25, -0.2) is 4.98 Å². The molecular weight excluding hydrogens is 281 g/mol. The van der Waals surface area contributed by atoms with E-state index in [0.29, 0.717) is 5.69 Å². The van der Waals surface area contributed by atoms with Crippen molar-refractivity contribution in [2.45, 2.75) is 0 Å². The van der Waals surface area contributed by atoms with Gasteiger partial charge in [0, 0.05) is 6.20 Å². The molecule has 0 aromatic carbocycles. The molecule has 2 aromatic rings. The predicted octanol–water partition coefficient (Wildman–Crippen LogP) is 1.04. The topological polar surface area (TPSA) is 60.4 Å². The monoisotopic (exact) mass is 287 g/mol. The number of nitrogens with zero attached hydrogens (tertiary/aromatic N) is 2. The van der Waals surface area contributed by atoms with E-state index in [4.69, 9.17) is 5.73 Å². The molecule has 0 saturated heterocycles. The standard InChI is InChI=1S/C8H6IN3O/c9-7-6(8(10)13)11-5-3-1-2-4-12(5)7/h1-4H,(H2,10,13). The summed E-state index contributed by atoms with van der Waals surface area (Å²) in [7, 11) is 0. The number of aromatic nitrogens is 2. The van der Waals surface area contributed by atoms with Crippen molar-refractivity contribution in [2.75, 3.05) is 0 Å². The highest BCUT2D eigenvalue weighted by Gasteiger charge is 2.12. The second-order valence-corrected chi connectivity index (χ2v) is 3.57. The van der Waals surface area contributed by atoms with Crippen LogP contribution in [0.3, 0.4) is 0 Å². The van der Waals surface area contributed by atoms with Crippen LogP contribution in [0.25, 0.3) is 5.65 Å². The van der Waals surface area contributed by atoms with E-state index in [1.807, 2.05) is 51.4 Å². The van der Waals surface area contributed by atoms with Crippen molar-refractivity contribution in [1.29, 1.82) is 0 Å². The first-order valence-corrected chi connectivity index (χ1v) is 4.70. The number of primary amides is 1. The van der Waals surface area contributed by atoms with Crippen molar-refractivity contribution in [1.82, 2.24) is 9.38 Å². The molecule has 0 aliphatic carbocycles. The molecule has 0 radical (unpaired) electrons. The van der Waals surface area contributed by atoms with Gasteiger partial charge in [0.15, 0.2) is 5.69 Å². The summed E-state index contributed by atoms with van der Waals surface area (Å²) < 4.78 is 2.57. The number of nitrogens with two attached hydrogens (primary N) is 1. The Bertz CT molecular complexity index is 477. The Labute approximate surface area is 87.9 Å². The zero-order chi connectivity index (χ0) is 9.42. The molecule has 2 rings (SSSR count). The van der Waals surface area contributed by atoms with Crippen LogP contribution in [0.2, 0.25) is 0 Å². The van der Waals surface area contributed by atoms with E-state index in [2.05, 4.69) is 4.98 Å². The molecule has 4 nitrogen and oxygen atoms in total. The summed E-state index contributed by atoms with van der Waals surface area (Å²) in [5.74, 6) is -0.492. The van der Waals surface area contributed by atoms with Gasteiger partial charge in [-0.15, -0.1) is 0 Å². The molecular formula is C8H6IN3O. The second kappa shape index (κ2) is 2.99. The maximum absolute atomic E-state index is 10.9. The molecule has 0 bridgehead atoms. The molecule has 0 fully saturated rings. The normalized spacial score (nSPS) is 10.5. The van der Waals surface area contributed by atoms with E-state index in [1.165, 1.54) is 0 Å². The van der Waals surface area contributed by atoms with Crippen LogP contribution in [0, 0.1) is 3.70 Å². The molecule has 0 spiro atoms. The fourth-order valence-electron chi connectivity index (χ4n) is 1.12. The Hall–Kier alpha value is -1.11. The van der Waals surface area contributed by atoms with Gasteiger partial charge in [0.25, 0.3) is 5.91 Å². The van der Waals surface area contributed by atoms with Crippen molar-refractivity contribution in [2.24, 2.45) is 5.73 Å². The van der Waals surface area contributed by atoms with Crippen molar-refractivity contribution in [3.05, 3.63) is 33.8 Å². The summed E-state index contributed by atoms with van der Waals surface area (Å²) in [6.45, 7) is 0. The molecule has 1 amide bonds. The van der Waals surface area contributed by atoms with Crippen LogP contribution in [0.4, 0.5) is 0 Å². The molecule has 13 heavy (non-hydrogen) atoms. The highest BCUT2D eigenvalue weighted by Crippen LogP contribution is 2.13. The molecule has 2 N–H and O–H groups in total. The summed E-state index contributed by atoms with van der Waals surface area (Å²) in [4.78, 5) is 15.0. The first kappa shape index (κ1) is 8.49. The van der Waals surface area contributed by atoms with E-state index in [0.717, 1.165) is 9.35 Å². The molecule has 2 heterocycles.